The number of hydrogen-bond acceptors (Lipinski definition) is 7. The van der Waals surface area contributed by atoms with Gasteiger partial charge in [-0.3, -0.25) is 14.5 Å². The summed E-state index contributed by atoms with van der Waals surface area (Å²) in [6.07, 6.45) is 0.881. The molecule has 1 amide bonds. The molecule has 8 heteroatoms. The molecule has 1 atom stereocenters. The smallest absolute Gasteiger partial charge is 0.295 e. The molecule has 2 heterocycles. The van der Waals surface area contributed by atoms with Gasteiger partial charge < -0.3 is 24.2 Å². The molecule has 3 aromatic carbocycles. The summed E-state index contributed by atoms with van der Waals surface area (Å²) in [5.74, 6) is -0.154. The number of carbonyl (C=O) groups excluding carboxylic acids is 2. The molecular formula is C33H36N2O6. The fourth-order valence-corrected chi connectivity index (χ4v) is 5.10. The summed E-state index contributed by atoms with van der Waals surface area (Å²) in [6, 6.07) is 23.5. The fourth-order valence-electron chi connectivity index (χ4n) is 5.10. The van der Waals surface area contributed by atoms with Crippen molar-refractivity contribution in [3.63, 3.8) is 0 Å². The van der Waals surface area contributed by atoms with E-state index in [4.69, 9.17) is 14.2 Å². The molecule has 5 rings (SSSR count). The standard InChI is InChI=1S/C33H36N2O6/c1-2-20-40-27-14-10-26(11-15-27)31(36)29-30(35(33(38)32(29)37)17-16-34-18-21-39-22-19-34)25-8-12-28(13-9-25)41-23-24-6-4-3-5-7-24/h3-15,30,36H,2,16-23H2,1H3/b31-29+. The van der Waals surface area contributed by atoms with Crippen LogP contribution in [0.1, 0.15) is 36.1 Å². The predicted octanol–water partition coefficient (Wildman–Crippen LogP) is 4.81. The van der Waals surface area contributed by atoms with Gasteiger partial charge in [0.05, 0.1) is 31.4 Å². The van der Waals surface area contributed by atoms with Crippen molar-refractivity contribution in [1.29, 1.82) is 0 Å². The van der Waals surface area contributed by atoms with Gasteiger partial charge in [0.15, 0.2) is 0 Å². The van der Waals surface area contributed by atoms with Crippen LogP contribution in [0.3, 0.4) is 0 Å². The highest BCUT2D eigenvalue weighted by Crippen LogP contribution is 2.40. The lowest BCUT2D eigenvalue weighted by Gasteiger charge is -2.31. The number of amides is 1. The minimum Gasteiger partial charge on any atom is -0.507 e. The first-order valence-electron chi connectivity index (χ1n) is 14.1. The molecule has 2 saturated heterocycles. The van der Waals surface area contributed by atoms with Crippen LogP contribution in [0.15, 0.2) is 84.4 Å². The molecule has 2 aliphatic heterocycles. The highest BCUT2D eigenvalue weighted by atomic mass is 16.5. The number of nitrogens with zero attached hydrogens (tertiary/aromatic N) is 2. The monoisotopic (exact) mass is 556 g/mol. The van der Waals surface area contributed by atoms with Crippen LogP contribution in [0.2, 0.25) is 0 Å². The van der Waals surface area contributed by atoms with Gasteiger partial charge in [-0.1, -0.05) is 49.4 Å². The van der Waals surface area contributed by atoms with E-state index in [1.54, 1.807) is 29.2 Å². The molecule has 0 bridgehead atoms. The zero-order valence-corrected chi connectivity index (χ0v) is 23.3. The van der Waals surface area contributed by atoms with Gasteiger partial charge in [-0.2, -0.15) is 0 Å². The lowest BCUT2D eigenvalue weighted by atomic mass is 9.95. The second-order valence-electron chi connectivity index (χ2n) is 10.2. The van der Waals surface area contributed by atoms with E-state index in [-0.39, 0.29) is 11.3 Å². The molecule has 8 nitrogen and oxygen atoms in total. The lowest BCUT2D eigenvalue weighted by molar-refractivity contribution is -0.140. The number of ether oxygens (including phenoxy) is 3. The molecule has 0 aliphatic carbocycles. The SMILES string of the molecule is CCCOc1ccc(/C(O)=C2\C(=O)C(=O)N(CCN3CCOCC3)C2c2ccc(OCc3ccccc3)cc2)cc1. The van der Waals surface area contributed by atoms with E-state index in [1.165, 1.54) is 0 Å². The minimum absolute atomic E-state index is 0.0807. The van der Waals surface area contributed by atoms with E-state index >= 15 is 0 Å². The van der Waals surface area contributed by atoms with Crippen molar-refractivity contribution in [2.24, 2.45) is 0 Å². The van der Waals surface area contributed by atoms with Gasteiger partial charge >= 0.3 is 0 Å². The van der Waals surface area contributed by atoms with Crippen LogP contribution in [0.25, 0.3) is 5.76 Å². The third-order valence-electron chi connectivity index (χ3n) is 7.35. The van der Waals surface area contributed by atoms with Crippen LogP contribution in [0.5, 0.6) is 11.5 Å². The summed E-state index contributed by atoms with van der Waals surface area (Å²) in [7, 11) is 0. The van der Waals surface area contributed by atoms with Crippen molar-refractivity contribution in [1.82, 2.24) is 9.80 Å². The van der Waals surface area contributed by atoms with E-state index in [0.29, 0.717) is 56.6 Å². The van der Waals surface area contributed by atoms with Crippen LogP contribution < -0.4 is 9.47 Å². The Morgan fingerprint density at radius 2 is 1.54 bits per heavy atom. The first-order valence-corrected chi connectivity index (χ1v) is 14.1. The first kappa shape index (κ1) is 28.4. The fraction of sp³-hybridized carbons (Fsp3) is 0.333. The molecule has 41 heavy (non-hydrogen) atoms. The number of carbonyl (C=O) groups is 2. The minimum atomic E-state index is -0.727. The second kappa shape index (κ2) is 13.5. The number of rotatable bonds is 11. The Morgan fingerprint density at radius 3 is 2.22 bits per heavy atom. The first-order chi connectivity index (χ1) is 20.0. The maximum Gasteiger partial charge on any atom is 0.295 e. The number of Topliss-reactive ketones (excluding diaryl/α,β-unsaturated/α-hetero) is 1. The average molecular weight is 557 g/mol. The van der Waals surface area contributed by atoms with Crippen LogP contribution >= 0.6 is 0 Å². The van der Waals surface area contributed by atoms with Crippen LogP contribution in [0.4, 0.5) is 0 Å². The topological polar surface area (TPSA) is 88.5 Å². The molecule has 0 spiro atoms. The average Bonchev–Trinajstić information content (AvgIpc) is 3.28. The van der Waals surface area contributed by atoms with Crippen molar-refractivity contribution in [2.45, 2.75) is 26.0 Å². The summed E-state index contributed by atoms with van der Waals surface area (Å²) >= 11 is 0. The number of aliphatic hydroxyl groups is 1. The molecule has 2 aliphatic rings. The van der Waals surface area contributed by atoms with Gasteiger partial charge in [-0.15, -0.1) is 0 Å². The maximum absolute atomic E-state index is 13.4. The number of likely N-dealkylation sites (tertiary alicyclic amines) is 1. The number of benzene rings is 3. The summed E-state index contributed by atoms with van der Waals surface area (Å²) in [5, 5.41) is 11.4. The Balaban J connectivity index is 1.43. The summed E-state index contributed by atoms with van der Waals surface area (Å²) in [5.41, 5.74) is 2.31. The van der Waals surface area contributed by atoms with Gasteiger partial charge in [-0.25, -0.2) is 0 Å². The second-order valence-corrected chi connectivity index (χ2v) is 10.2. The third-order valence-corrected chi connectivity index (χ3v) is 7.35. The molecule has 0 radical (unpaired) electrons. The quantitative estimate of drug-likeness (QED) is 0.206. The Morgan fingerprint density at radius 1 is 0.878 bits per heavy atom. The maximum atomic E-state index is 13.4. The highest BCUT2D eigenvalue weighted by molar-refractivity contribution is 6.46. The molecule has 3 aromatic rings. The van der Waals surface area contributed by atoms with E-state index in [2.05, 4.69) is 4.90 Å². The Hall–Kier alpha value is -4.14. The third kappa shape index (κ3) is 6.78. The largest absolute Gasteiger partial charge is 0.507 e. The zero-order chi connectivity index (χ0) is 28.6. The van der Waals surface area contributed by atoms with Gasteiger partial charge in [0.2, 0.25) is 0 Å². The Kier molecular flexibility index (Phi) is 9.33. The van der Waals surface area contributed by atoms with Crippen molar-refractivity contribution < 1.29 is 28.9 Å². The molecule has 1 unspecified atom stereocenters. The van der Waals surface area contributed by atoms with Gasteiger partial charge in [0.1, 0.15) is 23.9 Å². The number of ketones is 1. The van der Waals surface area contributed by atoms with Crippen LogP contribution in [-0.2, 0) is 20.9 Å². The van der Waals surface area contributed by atoms with Gasteiger partial charge in [0.25, 0.3) is 11.7 Å². The zero-order valence-electron chi connectivity index (χ0n) is 23.3. The highest BCUT2D eigenvalue weighted by Gasteiger charge is 2.46. The Bertz CT molecular complexity index is 1350. The summed E-state index contributed by atoms with van der Waals surface area (Å²) in [6.45, 7) is 6.83. The van der Waals surface area contributed by atoms with Crippen LogP contribution in [0, 0.1) is 0 Å². The van der Waals surface area contributed by atoms with E-state index in [1.807, 2.05) is 61.5 Å². The molecule has 1 N–H and O–H groups in total. The molecule has 214 valence electrons. The summed E-state index contributed by atoms with van der Waals surface area (Å²) in [4.78, 5) is 30.5. The van der Waals surface area contributed by atoms with Gasteiger partial charge in [0, 0.05) is 31.7 Å². The van der Waals surface area contributed by atoms with Gasteiger partial charge in [-0.05, 0) is 53.9 Å². The van der Waals surface area contributed by atoms with E-state index in [0.717, 1.165) is 30.6 Å². The number of hydrogen-bond donors (Lipinski definition) is 1. The predicted molar refractivity (Wildman–Crippen MR) is 156 cm³/mol. The summed E-state index contributed by atoms with van der Waals surface area (Å²) < 4.78 is 17.1. The lowest BCUT2D eigenvalue weighted by Crippen LogP contribution is -2.42. The molecule has 0 saturated carbocycles. The normalized spacial score (nSPS) is 19.0. The molecule has 2 fully saturated rings. The van der Waals surface area contributed by atoms with Crippen molar-refractivity contribution in [3.8, 4) is 11.5 Å². The molecular weight excluding hydrogens is 520 g/mol. The van der Waals surface area contributed by atoms with E-state index < -0.39 is 17.7 Å². The Labute approximate surface area is 240 Å². The number of aliphatic hydroxyl groups excluding tert-OH is 1. The van der Waals surface area contributed by atoms with E-state index in [9.17, 15) is 14.7 Å². The van der Waals surface area contributed by atoms with Crippen molar-refractivity contribution in [3.05, 3.63) is 101 Å². The van der Waals surface area contributed by atoms with Crippen LogP contribution in [-0.4, -0.2) is 72.6 Å². The molecule has 0 aromatic heterocycles. The van der Waals surface area contributed by atoms with Crippen molar-refractivity contribution in [2.75, 3.05) is 46.0 Å². The number of morpholine rings is 1. The van der Waals surface area contributed by atoms with Crippen molar-refractivity contribution >= 4 is 17.4 Å².